The Bertz CT molecular complexity index is 843. The second-order valence-corrected chi connectivity index (χ2v) is 4.90. The van der Waals surface area contributed by atoms with Crippen molar-refractivity contribution in [3.63, 3.8) is 0 Å². The molecular weight excluding hydrogens is 262 g/mol. The first-order valence-corrected chi connectivity index (χ1v) is 6.89. The van der Waals surface area contributed by atoms with Crippen molar-refractivity contribution in [1.29, 1.82) is 5.26 Å². The maximum Gasteiger partial charge on any atom is 0.133 e. The molecule has 4 heteroatoms. The molecule has 0 amide bonds. The number of aromatic nitrogens is 2. The van der Waals surface area contributed by atoms with Crippen LogP contribution in [-0.4, -0.2) is 14.7 Å². The lowest BCUT2D eigenvalue weighted by molar-refractivity contribution is 0.473. The van der Waals surface area contributed by atoms with E-state index in [9.17, 15) is 5.11 Å². The number of rotatable bonds is 3. The van der Waals surface area contributed by atoms with Crippen molar-refractivity contribution in [2.24, 2.45) is 0 Å². The molecule has 3 aromatic rings. The van der Waals surface area contributed by atoms with Crippen LogP contribution in [0.2, 0.25) is 0 Å². The van der Waals surface area contributed by atoms with Gasteiger partial charge < -0.3 is 9.67 Å². The lowest BCUT2D eigenvalue weighted by atomic mass is 10.1. The first-order chi connectivity index (χ1) is 10.2. The molecule has 0 atom stereocenters. The fourth-order valence-electron chi connectivity index (χ4n) is 2.58. The van der Waals surface area contributed by atoms with Gasteiger partial charge in [0.1, 0.15) is 17.6 Å². The highest BCUT2D eigenvalue weighted by Crippen LogP contribution is 2.22. The SMILES string of the molecule is CCn1c(Cc2ccc(O)c(C#N)c2)nc2ccccc21. The Kier molecular flexibility index (Phi) is 3.33. The van der Waals surface area contributed by atoms with Gasteiger partial charge in [-0.3, -0.25) is 0 Å². The Morgan fingerprint density at radius 3 is 2.81 bits per heavy atom. The van der Waals surface area contributed by atoms with Gasteiger partial charge in [-0.05, 0) is 36.8 Å². The van der Waals surface area contributed by atoms with E-state index in [0.29, 0.717) is 12.0 Å². The van der Waals surface area contributed by atoms with Gasteiger partial charge in [0.05, 0.1) is 16.6 Å². The van der Waals surface area contributed by atoms with Gasteiger partial charge in [-0.1, -0.05) is 18.2 Å². The quantitative estimate of drug-likeness (QED) is 0.799. The second-order valence-electron chi connectivity index (χ2n) is 4.90. The molecule has 3 rings (SSSR count). The van der Waals surface area contributed by atoms with Crippen molar-refractivity contribution in [3.05, 3.63) is 59.4 Å². The van der Waals surface area contributed by atoms with E-state index in [1.165, 1.54) is 0 Å². The summed E-state index contributed by atoms with van der Waals surface area (Å²) in [6.07, 6.45) is 0.636. The molecular formula is C17H15N3O. The van der Waals surface area contributed by atoms with Crippen molar-refractivity contribution >= 4 is 11.0 Å². The first kappa shape index (κ1) is 13.2. The summed E-state index contributed by atoms with van der Waals surface area (Å²) in [5, 5.41) is 18.6. The number of phenols is 1. The van der Waals surface area contributed by atoms with Crippen LogP contribution >= 0.6 is 0 Å². The van der Waals surface area contributed by atoms with Crippen molar-refractivity contribution in [3.8, 4) is 11.8 Å². The standard InChI is InChI=1S/C17H15N3O/c1-2-20-15-6-4-3-5-14(15)19-17(20)10-12-7-8-16(21)13(9-12)11-18/h3-9,21H,2,10H2,1H3. The molecule has 1 aromatic heterocycles. The van der Waals surface area contributed by atoms with Crippen LogP contribution in [0, 0.1) is 11.3 Å². The maximum atomic E-state index is 9.57. The van der Waals surface area contributed by atoms with E-state index < -0.39 is 0 Å². The second kappa shape index (κ2) is 5.29. The molecule has 21 heavy (non-hydrogen) atoms. The van der Waals surface area contributed by atoms with E-state index in [1.54, 1.807) is 12.1 Å². The summed E-state index contributed by atoms with van der Waals surface area (Å²) in [5.74, 6) is 0.985. The lowest BCUT2D eigenvalue weighted by Gasteiger charge is -2.07. The number of phenolic OH excluding ortho intramolecular Hbond substituents is 1. The smallest absolute Gasteiger partial charge is 0.133 e. The molecule has 0 saturated carbocycles. The number of aromatic hydroxyl groups is 1. The molecule has 0 aliphatic carbocycles. The molecule has 104 valence electrons. The Morgan fingerprint density at radius 2 is 2.05 bits per heavy atom. The Morgan fingerprint density at radius 1 is 1.24 bits per heavy atom. The molecule has 1 heterocycles. The lowest BCUT2D eigenvalue weighted by Crippen LogP contribution is -2.02. The van der Waals surface area contributed by atoms with Crippen LogP contribution in [0.5, 0.6) is 5.75 Å². The minimum atomic E-state index is 0.0187. The van der Waals surface area contributed by atoms with E-state index in [0.717, 1.165) is 29.0 Å². The average molecular weight is 277 g/mol. The number of nitrogens with zero attached hydrogens (tertiary/aromatic N) is 3. The zero-order chi connectivity index (χ0) is 14.8. The average Bonchev–Trinajstić information content (AvgIpc) is 2.86. The fourth-order valence-corrected chi connectivity index (χ4v) is 2.58. The van der Waals surface area contributed by atoms with Crippen molar-refractivity contribution < 1.29 is 5.11 Å². The molecule has 4 nitrogen and oxygen atoms in total. The molecule has 1 N–H and O–H groups in total. The van der Waals surface area contributed by atoms with Crippen LogP contribution in [0.15, 0.2) is 42.5 Å². The number of benzene rings is 2. The normalized spacial score (nSPS) is 10.7. The van der Waals surface area contributed by atoms with Crippen molar-refractivity contribution in [2.45, 2.75) is 19.9 Å². The van der Waals surface area contributed by atoms with E-state index in [4.69, 9.17) is 5.26 Å². The van der Waals surface area contributed by atoms with Crippen LogP contribution < -0.4 is 0 Å². The molecule has 0 bridgehead atoms. The highest BCUT2D eigenvalue weighted by atomic mass is 16.3. The predicted octanol–water partition coefficient (Wildman–Crippen LogP) is 3.22. The van der Waals surface area contributed by atoms with E-state index in [-0.39, 0.29) is 5.75 Å². The molecule has 0 aliphatic heterocycles. The van der Waals surface area contributed by atoms with E-state index >= 15 is 0 Å². The molecule has 0 unspecified atom stereocenters. The minimum absolute atomic E-state index is 0.0187. The molecule has 0 spiro atoms. The number of nitriles is 1. The van der Waals surface area contributed by atoms with Gasteiger partial charge in [0.25, 0.3) is 0 Å². The van der Waals surface area contributed by atoms with Gasteiger partial charge in [-0.2, -0.15) is 5.26 Å². The molecule has 0 radical (unpaired) electrons. The molecule has 2 aromatic carbocycles. The number of aryl methyl sites for hydroxylation is 1. The van der Waals surface area contributed by atoms with E-state index in [1.807, 2.05) is 30.3 Å². The number of hydrogen-bond donors (Lipinski definition) is 1. The molecule has 0 fully saturated rings. The highest BCUT2D eigenvalue weighted by molar-refractivity contribution is 5.76. The van der Waals surface area contributed by atoms with Gasteiger partial charge in [0.15, 0.2) is 0 Å². The highest BCUT2D eigenvalue weighted by Gasteiger charge is 2.10. The fraction of sp³-hybridized carbons (Fsp3) is 0.176. The van der Waals surface area contributed by atoms with Gasteiger partial charge in [0, 0.05) is 13.0 Å². The number of imidazole rings is 1. The van der Waals surface area contributed by atoms with Crippen LogP contribution in [0.1, 0.15) is 23.9 Å². The maximum absolute atomic E-state index is 9.57. The van der Waals surface area contributed by atoms with Crippen LogP contribution in [0.4, 0.5) is 0 Å². The molecule has 0 aliphatic rings. The van der Waals surface area contributed by atoms with Crippen molar-refractivity contribution in [1.82, 2.24) is 9.55 Å². The third-order valence-corrected chi connectivity index (χ3v) is 3.59. The Balaban J connectivity index is 2.04. The topological polar surface area (TPSA) is 61.8 Å². The predicted molar refractivity (Wildman–Crippen MR) is 81.0 cm³/mol. The summed E-state index contributed by atoms with van der Waals surface area (Å²) in [5.41, 5.74) is 3.36. The summed E-state index contributed by atoms with van der Waals surface area (Å²) >= 11 is 0. The van der Waals surface area contributed by atoms with Crippen molar-refractivity contribution in [2.75, 3.05) is 0 Å². The number of para-hydroxylation sites is 2. The monoisotopic (exact) mass is 277 g/mol. The van der Waals surface area contributed by atoms with Crippen LogP contribution in [0.25, 0.3) is 11.0 Å². The number of hydrogen-bond acceptors (Lipinski definition) is 3. The van der Waals surface area contributed by atoms with E-state index in [2.05, 4.69) is 22.5 Å². The van der Waals surface area contributed by atoms with Gasteiger partial charge in [-0.15, -0.1) is 0 Å². The zero-order valence-electron chi connectivity index (χ0n) is 11.7. The number of fused-ring (bicyclic) bond motifs is 1. The third kappa shape index (κ3) is 2.34. The van der Waals surface area contributed by atoms with Crippen LogP contribution in [0.3, 0.4) is 0 Å². The Labute approximate surface area is 122 Å². The molecule has 0 saturated heterocycles. The largest absolute Gasteiger partial charge is 0.507 e. The summed E-state index contributed by atoms with van der Waals surface area (Å²) in [4.78, 5) is 4.67. The van der Waals surface area contributed by atoms with Gasteiger partial charge in [-0.25, -0.2) is 4.98 Å². The van der Waals surface area contributed by atoms with Gasteiger partial charge >= 0.3 is 0 Å². The zero-order valence-corrected chi connectivity index (χ0v) is 11.7. The van der Waals surface area contributed by atoms with Crippen LogP contribution in [-0.2, 0) is 13.0 Å². The summed E-state index contributed by atoms with van der Waals surface area (Å²) in [6.45, 7) is 2.94. The summed E-state index contributed by atoms with van der Waals surface area (Å²) in [6, 6.07) is 15.2. The van der Waals surface area contributed by atoms with Gasteiger partial charge in [0.2, 0.25) is 0 Å². The first-order valence-electron chi connectivity index (χ1n) is 6.89. The third-order valence-electron chi connectivity index (χ3n) is 3.59. The Hall–Kier alpha value is -2.80. The minimum Gasteiger partial charge on any atom is -0.507 e. The summed E-state index contributed by atoms with van der Waals surface area (Å²) < 4.78 is 2.17. The summed E-state index contributed by atoms with van der Waals surface area (Å²) in [7, 11) is 0.